The highest BCUT2D eigenvalue weighted by Gasteiger charge is 2.43. The molecule has 1 N–H and O–H groups in total. The first-order valence-corrected chi connectivity index (χ1v) is 7.98. The van der Waals surface area contributed by atoms with Crippen LogP contribution in [0.25, 0.3) is 22.2 Å². The molecule has 1 atom stereocenters. The fourth-order valence-electron chi connectivity index (χ4n) is 2.67. The zero-order chi connectivity index (χ0) is 18.9. The molecule has 0 aliphatic heterocycles. The van der Waals surface area contributed by atoms with Crippen molar-refractivity contribution in [2.75, 3.05) is 0 Å². The molecule has 0 unspecified atom stereocenters. The fraction of sp³-hybridized carbons (Fsp3) is 0.167. The number of benzene rings is 1. The molecule has 134 valence electrons. The van der Waals surface area contributed by atoms with Gasteiger partial charge in [-0.25, -0.2) is 4.98 Å². The Balaban J connectivity index is 2.33. The van der Waals surface area contributed by atoms with Crippen LogP contribution < -0.4 is 5.32 Å². The fourth-order valence-corrected chi connectivity index (χ4v) is 2.90. The second-order valence-corrected chi connectivity index (χ2v) is 6.06. The lowest BCUT2D eigenvalue weighted by atomic mass is 9.98. The van der Waals surface area contributed by atoms with Crippen LogP contribution in [0.15, 0.2) is 48.8 Å². The van der Waals surface area contributed by atoms with Crippen LogP contribution in [0.5, 0.6) is 0 Å². The third-order valence-corrected chi connectivity index (χ3v) is 4.05. The van der Waals surface area contributed by atoms with E-state index in [1.165, 1.54) is 18.5 Å². The molecule has 2 heterocycles. The molecule has 2 aromatic heterocycles. The summed E-state index contributed by atoms with van der Waals surface area (Å²) in [5.41, 5.74) is 0.662. The van der Waals surface area contributed by atoms with E-state index in [9.17, 15) is 18.0 Å². The maximum atomic E-state index is 13.7. The Morgan fingerprint density at radius 1 is 1.23 bits per heavy atom. The summed E-state index contributed by atoms with van der Waals surface area (Å²) >= 11 is 6.15. The van der Waals surface area contributed by atoms with Gasteiger partial charge >= 0.3 is 6.18 Å². The number of nitrogens with one attached hydrogen (secondary N) is 1. The first kappa shape index (κ1) is 18.1. The Morgan fingerprint density at radius 2 is 2.00 bits per heavy atom. The summed E-state index contributed by atoms with van der Waals surface area (Å²) in [4.78, 5) is 19.7. The molecule has 0 bridgehead atoms. The third-order valence-electron chi connectivity index (χ3n) is 3.75. The van der Waals surface area contributed by atoms with Crippen molar-refractivity contribution in [1.29, 1.82) is 0 Å². The predicted octanol–water partition coefficient (Wildman–Crippen LogP) is 4.69. The number of halogens is 4. The molecule has 1 aromatic carbocycles. The Bertz CT molecular complexity index is 961. The van der Waals surface area contributed by atoms with Gasteiger partial charge in [-0.15, -0.1) is 0 Å². The van der Waals surface area contributed by atoms with E-state index in [1.807, 2.05) is 5.32 Å². The van der Waals surface area contributed by atoms with Crippen LogP contribution in [-0.2, 0) is 4.79 Å². The molecule has 26 heavy (non-hydrogen) atoms. The standard InChI is InChI=1S/C18H13ClF3N3O/c1-10(26)24-17(18(20,21)22)13-8-11-4-2-6-14(19)16(11)25-15(13)12-5-3-7-23-9-12/h2-9,17H,1H3,(H,24,26)/t17-/m1/s1. The van der Waals surface area contributed by atoms with Gasteiger partial charge in [-0.2, -0.15) is 13.2 Å². The summed E-state index contributed by atoms with van der Waals surface area (Å²) in [6.45, 7) is 1.04. The van der Waals surface area contributed by atoms with Crippen molar-refractivity contribution in [1.82, 2.24) is 15.3 Å². The maximum absolute atomic E-state index is 13.7. The highest BCUT2D eigenvalue weighted by molar-refractivity contribution is 6.35. The van der Waals surface area contributed by atoms with Gasteiger partial charge in [-0.3, -0.25) is 9.78 Å². The molecule has 8 heteroatoms. The van der Waals surface area contributed by atoms with Gasteiger partial charge < -0.3 is 5.32 Å². The monoisotopic (exact) mass is 379 g/mol. The zero-order valence-electron chi connectivity index (χ0n) is 13.5. The molecule has 0 saturated carbocycles. The minimum atomic E-state index is -4.70. The van der Waals surface area contributed by atoms with Crippen LogP contribution in [0.3, 0.4) is 0 Å². The number of pyridine rings is 2. The number of amides is 1. The first-order chi connectivity index (χ1) is 12.3. The van der Waals surface area contributed by atoms with Gasteiger partial charge in [-0.05, 0) is 24.3 Å². The Hall–Kier alpha value is -2.67. The quantitative estimate of drug-likeness (QED) is 0.718. The van der Waals surface area contributed by atoms with Gasteiger partial charge in [0.05, 0.1) is 16.2 Å². The number of aromatic nitrogens is 2. The van der Waals surface area contributed by atoms with Gasteiger partial charge in [0.1, 0.15) is 0 Å². The summed E-state index contributed by atoms with van der Waals surface area (Å²) in [6, 6.07) is 7.20. The number of carbonyl (C=O) groups excluding carboxylic acids is 1. The topological polar surface area (TPSA) is 54.9 Å². The normalized spacial score (nSPS) is 12.8. The van der Waals surface area contributed by atoms with Crippen LogP contribution in [0.2, 0.25) is 5.02 Å². The van der Waals surface area contributed by atoms with Crippen molar-refractivity contribution in [3.63, 3.8) is 0 Å². The smallest absolute Gasteiger partial charge is 0.341 e. The highest BCUT2D eigenvalue weighted by Crippen LogP contribution is 2.39. The Kier molecular flexibility index (Phi) is 4.82. The first-order valence-electron chi connectivity index (χ1n) is 7.61. The lowest BCUT2D eigenvalue weighted by Gasteiger charge is -2.24. The predicted molar refractivity (Wildman–Crippen MR) is 92.6 cm³/mol. The molecule has 0 spiro atoms. The largest absolute Gasteiger partial charge is 0.412 e. The van der Waals surface area contributed by atoms with E-state index >= 15 is 0 Å². The molecule has 0 saturated heterocycles. The number of nitrogens with zero attached hydrogens (tertiary/aromatic N) is 2. The average Bonchev–Trinajstić information content (AvgIpc) is 2.59. The molecule has 1 amide bonds. The van der Waals surface area contributed by atoms with E-state index in [0.717, 1.165) is 6.92 Å². The van der Waals surface area contributed by atoms with Crippen LogP contribution in [0.1, 0.15) is 18.5 Å². The van der Waals surface area contributed by atoms with E-state index in [2.05, 4.69) is 9.97 Å². The molecule has 4 nitrogen and oxygen atoms in total. The molecular weight excluding hydrogens is 367 g/mol. The number of para-hydroxylation sites is 1. The van der Waals surface area contributed by atoms with Crippen molar-refractivity contribution in [3.05, 3.63) is 59.4 Å². The minimum Gasteiger partial charge on any atom is -0.341 e. The summed E-state index contributed by atoms with van der Waals surface area (Å²) in [5.74, 6) is -0.796. The van der Waals surface area contributed by atoms with Crippen molar-refractivity contribution in [2.45, 2.75) is 19.1 Å². The third kappa shape index (κ3) is 3.62. The van der Waals surface area contributed by atoms with Crippen molar-refractivity contribution in [2.24, 2.45) is 0 Å². The molecule has 0 aliphatic carbocycles. The number of hydrogen-bond acceptors (Lipinski definition) is 3. The number of alkyl halides is 3. The second kappa shape index (κ2) is 6.92. The zero-order valence-corrected chi connectivity index (χ0v) is 14.3. The molecule has 0 aliphatic rings. The van der Waals surface area contributed by atoms with E-state index in [0.29, 0.717) is 21.5 Å². The van der Waals surface area contributed by atoms with E-state index in [1.54, 1.807) is 30.3 Å². The minimum absolute atomic E-state index is 0.0646. The lowest BCUT2D eigenvalue weighted by molar-refractivity contribution is -0.162. The summed E-state index contributed by atoms with van der Waals surface area (Å²) in [6.07, 6.45) is -1.78. The van der Waals surface area contributed by atoms with Crippen molar-refractivity contribution >= 4 is 28.4 Å². The maximum Gasteiger partial charge on any atom is 0.412 e. The highest BCUT2D eigenvalue weighted by atomic mass is 35.5. The molecule has 3 rings (SSSR count). The number of rotatable bonds is 3. The molecule has 0 fully saturated rings. The SMILES string of the molecule is CC(=O)N[C@H](c1cc2cccc(Cl)c2nc1-c1cccnc1)C(F)(F)F. The van der Waals surface area contributed by atoms with Crippen LogP contribution in [0.4, 0.5) is 13.2 Å². The van der Waals surface area contributed by atoms with Gasteiger partial charge in [0.2, 0.25) is 5.91 Å². The Morgan fingerprint density at radius 3 is 2.62 bits per heavy atom. The summed E-state index contributed by atoms with van der Waals surface area (Å²) in [5, 5.41) is 2.73. The van der Waals surface area contributed by atoms with E-state index < -0.39 is 18.1 Å². The van der Waals surface area contributed by atoms with E-state index in [-0.39, 0.29) is 11.3 Å². The number of fused-ring (bicyclic) bond motifs is 1. The molecule has 3 aromatic rings. The summed E-state index contributed by atoms with van der Waals surface area (Å²) in [7, 11) is 0. The van der Waals surface area contributed by atoms with Gasteiger partial charge in [0, 0.05) is 35.8 Å². The van der Waals surface area contributed by atoms with E-state index in [4.69, 9.17) is 11.6 Å². The molecular formula is C18H13ClF3N3O. The van der Waals surface area contributed by atoms with Crippen LogP contribution in [0, 0.1) is 0 Å². The Labute approximate surface area is 152 Å². The lowest BCUT2D eigenvalue weighted by Crippen LogP contribution is -2.37. The van der Waals surface area contributed by atoms with Gasteiger partial charge in [0.25, 0.3) is 0 Å². The number of carbonyl (C=O) groups is 1. The van der Waals surface area contributed by atoms with Gasteiger partial charge in [-0.1, -0.05) is 23.7 Å². The summed E-state index contributed by atoms with van der Waals surface area (Å²) < 4.78 is 41.0. The van der Waals surface area contributed by atoms with Crippen molar-refractivity contribution in [3.8, 4) is 11.3 Å². The number of hydrogen-bond donors (Lipinski definition) is 1. The molecule has 0 radical (unpaired) electrons. The average molecular weight is 380 g/mol. The van der Waals surface area contributed by atoms with Gasteiger partial charge in [0.15, 0.2) is 6.04 Å². The van der Waals surface area contributed by atoms with Crippen molar-refractivity contribution < 1.29 is 18.0 Å². The van der Waals surface area contributed by atoms with Crippen LogP contribution in [-0.4, -0.2) is 22.1 Å². The second-order valence-electron chi connectivity index (χ2n) is 5.65. The van der Waals surface area contributed by atoms with Crippen LogP contribution >= 0.6 is 11.6 Å².